The predicted molar refractivity (Wildman–Crippen MR) is 128 cm³/mol. The summed E-state index contributed by atoms with van der Waals surface area (Å²) in [6.45, 7) is 11.1. The van der Waals surface area contributed by atoms with Gasteiger partial charge in [0.05, 0.1) is 18.8 Å². The third-order valence-electron chi connectivity index (χ3n) is 9.78. The number of likely N-dealkylation sites (N-methyl/N-ethyl adjacent to an activating group) is 1. The molecule has 1 unspecified atom stereocenters. The summed E-state index contributed by atoms with van der Waals surface area (Å²) < 4.78 is 13.1. The van der Waals surface area contributed by atoms with Gasteiger partial charge < -0.3 is 19.5 Å². The number of rotatable bonds is 5. The van der Waals surface area contributed by atoms with E-state index in [-0.39, 0.29) is 29.5 Å². The van der Waals surface area contributed by atoms with Crippen LogP contribution >= 0.6 is 0 Å². The summed E-state index contributed by atoms with van der Waals surface area (Å²) in [6, 6.07) is 0. The summed E-state index contributed by atoms with van der Waals surface area (Å²) in [6.07, 6.45) is 10.8. The Kier molecular flexibility index (Phi) is 5.60. The van der Waals surface area contributed by atoms with E-state index in [1.54, 1.807) is 0 Å². The summed E-state index contributed by atoms with van der Waals surface area (Å²) in [5.41, 5.74) is 0.874. The van der Waals surface area contributed by atoms with Crippen molar-refractivity contribution >= 4 is 5.78 Å². The molecule has 0 aromatic rings. The topological polar surface area (TPSA) is 59.0 Å². The van der Waals surface area contributed by atoms with E-state index < -0.39 is 17.1 Å². The molecule has 0 spiro atoms. The number of ketones is 1. The third-order valence-corrected chi connectivity index (χ3v) is 9.78. The molecule has 1 N–H and O–H groups in total. The summed E-state index contributed by atoms with van der Waals surface area (Å²) in [5.74, 6) is 0.888. The molecule has 3 saturated carbocycles. The van der Waals surface area contributed by atoms with E-state index >= 15 is 0 Å². The van der Waals surface area contributed by atoms with Crippen LogP contribution in [0.15, 0.2) is 36.0 Å². The molecule has 4 aliphatic carbocycles. The number of ether oxygens (including phenoxy) is 2. The Morgan fingerprint density at radius 3 is 2.79 bits per heavy atom. The number of aliphatic hydroxyl groups is 1. The van der Waals surface area contributed by atoms with Gasteiger partial charge in [-0.1, -0.05) is 57.6 Å². The van der Waals surface area contributed by atoms with E-state index in [0.29, 0.717) is 24.8 Å². The molecule has 5 nitrogen and oxygen atoms in total. The molecule has 1 heterocycles. The lowest BCUT2D eigenvalue weighted by atomic mass is 9.46. The summed E-state index contributed by atoms with van der Waals surface area (Å²) in [4.78, 5) is 15.8. The Morgan fingerprint density at radius 1 is 1.33 bits per heavy atom. The van der Waals surface area contributed by atoms with Crippen molar-refractivity contribution in [2.24, 2.45) is 28.6 Å². The number of fused-ring (bicyclic) bond motifs is 7. The molecule has 1 aliphatic heterocycles. The molecule has 9 atom stereocenters. The molecule has 33 heavy (non-hydrogen) atoms. The van der Waals surface area contributed by atoms with Crippen LogP contribution < -0.4 is 0 Å². The molecule has 5 heteroatoms. The van der Waals surface area contributed by atoms with Crippen molar-refractivity contribution in [3.05, 3.63) is 36.0 Å². The molecule has 1 saturated heterocycles. The molecular weight excluding hydrogens is 414 g/mol. The lowest BCUT2D eigenvalue weighted by Crippen LogP contribution is -2.64. The normalized spacial score (nSPS) is 48.2. The van der Waals surface area contributed by atoms with Gasteiger partial charge in [0.1, 0.15) is 0 Å². The lowest BCUT2D eigenvalue weighted by molar-refractivity contribution is -0.199. The highest BCUT2D eigenvalue weighted by Crippen LogP contribution is 2.69. The Labute approximate surface area is 198 Å². The van der Waals surface area contributed by atoms with Gasteiger partial charge >= 0.3 is 0 Å². The van der Waals surface area contributed by atoms with Crippen LogP contribution in [0.2, 0.25) is 0 Å². The number of allylic oxidation sites excluding steroid dienone is 5. The fourth-order valence-corrected chi connectivity index (χ4v) is 8.49. The maximum absolute atomic E-state index is 13.9. The van der Waals surface area contributed by atoms with Gasteiger partial charge in [-0.2, -0.15) is 0 Å². The van der Waals surface area contributed by atoms with Crippen molar-refractivity contribution in [3.8, 4) is 0 Å². The molecule has 0 amide bonds. The van der Waals surface area contributed by atoms with Gasteiger partial charge in [-0.15, -0.1) is 0 Å². The molecule has 0 aromatic carbocycles. The fourth-order valence-electron chi connectivity index (χ4n) is 8.49. The predicted octanol–water partition coefficient (Wildman–Crippen LogP) is 4.27. The van der Waals surface area contributed by atoms with Gasteiger partial charge in [0.15, 0.2) is 17.7 Å². The largest absolute Gasteiger partial charge is 0.393 e. The molecule has 0 bridgehead atoms. The average molecular weight is 456 g/mol. The first-order valence-corrected chi connectivity index (χ1v) is 12.9. The number of hydrogen-bond donors (Lipinski definition) is 1. The van der Waals surface area contributed by atoms with Crippen LogP contribution in [0.25, 0.3) is 0 Å². The SMILES string of the molecule is C=C1C=C[C@@]2(C)C(=C1)CC[C@@H]1[C@@H]2[C@@H](O)C[C@@]2(C)[C@H]1C[C@H]1OC(CCC)O[C@]12C(=O)CN(C)C. The Morgan fingerprint density at radius 2 is 2.09 bits per heavy atom. The van der Waals surface area contributed by atoms with E-state index in [4.69, 9.17) is 9.47 Å². The maximum Gasteiger partial charge on any atom is 0.181 e. The monoisotopic (exact) mass is 455 g/mol. The number of hydrogen-bond acceptors (Lipinski definition) is 5. The van der Waals surface area contributed by atoms with Crippen LogP contribution in [0.5, 0.6) is 0 Å². The van der Waals surface area contributed by atoms with Crippen LogP contribution in [0, 0.1) is 28.6 Å². The van der Waals surface area contributed by atoms with Crippen LogP contribution in [0.3, 0.4) is 0 Å². The van der Waals surface area contributed by atoms with E-state index in [9.17, 15) is 9.90 Å². The molecule has 4 fully saturated rings. The Balaban J connectivity index is 1.55. The third kappa shape index (κ3) is 3.15. The standard InChI is InChI=1S/C28H41NO4/c1-7-8-24-32-23-14-20-19-10-9-18-13-17(2)11-12-26(18,3)25(19)21(30)15-27(20,4)28(23,33-24)22(31)16-29(5)6/h11-13,19-21,23-25,30H,2,7-10,14-16H2,1,3-6H3/t19-,20-,21-,23+,24?,25+,26-,27-,28+/m0/s1. The molecule has 0 radical (unpaired) electrons. The summed E-state index contributed by atoms with van der Waals surface area (Å²) in [5, 5.41) is 11.8. The van der Waals surface area contributed by atoms with E-state index in [2.05, 4.69) is 45.6 Å². The van der Waals surface area contributed by atoms with Gasteiger partial charge in [-0.25, -0.2) is 0 Å². The van der Waals surface area contributed by atoms with Gasteiger partial charge in [0.25, 0.3) is 0 Å². The lowest BCUT2D eigenvalue weighted by Gasteiger charge is -2.60. The quantitative estimate of drug-likeness (QED) is 0.671. The minimum Gasteiger partial charge on any atom is -0.393 e. The van der Waals surface area contributed by atoms with Gasteiger partial charge in [-0.3, -0.25) is 4.79 Å². The highest BCUT2D eigenvalue weighted by Gasteiger charge is 2.75. The number of carbonyl (C=O) groups is 1. The van der Waals surface area contributed by atoms with Crippen molar-refractivity contribution < 1.29 is 19.4 Å². The second-order valence-corrected chi connectivity index (χ2v) is 12.0. The number of carbonyl (C=O) groups excluding carboxylic acids is 1. The number of nitrogens with zero attached hydrogens (tertiary/aromatic N) is 1. The zero-order valence-electron chi connectivity index (χ0n) is 21.0. The Hall–Kier alpha value is -1.27. The van der Waals surface area contributed by atoms with Gasteiger partial charge in [0, 0.05) is 16.7 Å². The Bertz CT molecular complexity index is 908. The van der Waals surface area contributed by atoms with Gasteiger partial charge in [-0.05, 0) is 63.6 Å². The fraction of sp³-hybridized carbons (Fsp3) is 0.750. The second kappa shape index (κ2) is 7.87. The van der Waals surface area contributed by atoms with Crippen LogP contribution in [0.1, 0.15) is 59.3 Å². The highest BCUT2D eigenvalue weighted by molar-refractivity contribution is 5.92. The molecule has 182 valence electrons. The highest BCUT2D eigenvalue weighted by atomic mass is 16.7. The van der Waals surface area contributed by atoms with Crippen molar-refractivity contribution in [2.45, 2.75) is 83.4 Å². The van der Waals surface area contributed by atoms with Crippen molar-refractivity contribution in [1.82, 2.24) is 4.90 Å². The first kappa shape index (κ1) is 23.5. The second-order valence-electron chi connectivity index (χ2n) is 12.0. The summed E-state index contributed by atoms with van der Waals surface area (Å²) in [7, 11) is 3.87. The first-order valence-electron chi connectivity index (χ1n) is 12.9. The molecule has 5 aliphatic rings. The smallest absolute Gasteiger partial charge is 0.181 e. The zero-order chi connectivity index (χ0) is 23.8. The minimum absolute atomic E-state index is 0.114. The number of aliphatic hydroxyl groups excluding tert-OH is 1. The first-order chi connectivity index (χ1) is 15.6. The van der Waals surface area contributed by atoms with Crippen LogP contribution in [-0.2, 0) is 14.3 Å². The number of Topliss-reactive ketones (excluding diaryl/α,β-unsaturated/α-hetero) is 1. The van der Waals surface area contributed by atoms with Crippen molar-refractivity contribution in [2.75, 3.05) is 20.6 Å². The van der Waals surface area contributed by atoms with Crippen LogP contribution in [-0.4, -0.2) is 60.5 Å². The maximum atomic E-state index is 13.9. The van der Waals surface area contributed by atoms with Gasteiger partial charge in [0.2, 0.25) is 0 Å². The summed E-state index contributed by atoms with van der Waals surface area (Å²) >= 11 is 0. The minimum atomic E-state index is -0.971. The van der Waals surface area contributed by atoms with Crippen molar-refractivity contribution in [1.29, 1.82) is 0 Å². The zero-order valence-corrected chi connectivity index (χ0v) is 21.0. The van der Waals surface area contributed by atoms with E-state index in [1.807, 2.05) is 19.0 Å². The van der Waals surface area contributed by atoms with Crippen LogP contribution in [0.4, 0.5) is 0 Å². The molecule has 0 aromatic heterocycles. The average Bonchev–Trinajstić information content (AvgIpc) is 3.20. The molecular formula is C28H41NO4. The van der Waals surface area contributed by atoms with Crippen molar-refractivity contribution in [3.63, 3.8) is 0 Å². The van der Waals surface area contributed by atoms with E-state index in [0.717, 1.165) is 37.7 Å². The molecule has 5 rings (SSSR count). The van der Waals surface area contributed by atoms with E-state index in [1.165, 1.54) is 5.57 Å².